The van der Waals surface area contributed by atoms with Crippen LogP contribution in [0.5, 0.6) is 0 Å². The fraction of sp³-hybridized carbons (Fsp3) is 0.429. The molecular weight excluding hydrogens is 326 g/mol. The minimum atomic E-state index is -0.457. The number of benzene rings is 1. The second-order valence-electron chi connectivity index (χ2n) is 7.66. The summed E-state index contributed by atoms with van der Waals surface area (Å²) in [6.45, 7) is 7.75. The maximum Gasteiger partial charge on any atom is 0.410 e. The largest absolute Gasteiger partial charge is 0.444 e. The van der Waals surface area contributed by atoms with Gasteiger partial charge >= 0.3 is 6.09 Å². The molecule has 5 heteroatoms. The van der Waals surface area contributed by atoms with Gasteiger partial charge in [0.1, 0.15) is 5.60 Å². The molecule has 2 heterocycles. The molecule has 1 amide bonds. The molecule has 1 aliphatic rings. The fourth-order valence-corrected chi connectivity index (χ4v) is 3.12. The van der Waals surface area contributed by atoms with Crippen LogP contribution >= 0.6 is 0 Å². The number of hydrogen-bond donors (Lipinski definition) is 1. The first-order chi connectivity index (χ1) is 12.4. The summed E-state index contributed by atoms with van der Waals surface area (Å²) in [5.41, 5.74) is 2.87. The van der Waals surface area contributed by atoms with E-state index in [9.17, 15) is 4.79 Å². The van der Waals surface area contributed by atoms with Gasteiger partial charge in [0.15, 0.2) is 0 Å². The van der Waals surface area contributed by atoms with Crippen molar-refractivity contribution >= 4 is 6.09 Å². The summed E-state index contributed by atoms with van der Waals surface area (Å²) in [4.78, 5) is 18.5. The van der Waals surface area contributed by atoms with Crippen LogP contribution in [0.4, 0.5) is 4.79 Å². The zero-order chi connectivity index (χ0) is 18.6. The Balaban J connectivity index is 1.59. The Labute approximate surface area is 155 Å². The van der Waals surface area contributed by atoms with Crippen LogP contribution < -0.4 is 5.32 Å². The average molecular weight is 353 g/mol. The van der Waals surface area contributed by atoms with Crippen molar-refractivity contribution in [3.8, 4) is 11.1 Å². The van der Waals surface area contributed by atoms with E-state index in [2.05, 4.69) is 28.5 Å². The van der Waals surface area contributed by atoms with Gasteiger partial charge in [-0.05, 0) is 38.8 Å². The number of carbonyl (C=O) groups is 1. The molecule has 1 saturated heterocycles. The molecular formula is C21H27N3O2. The summed E-state index contributed by atoms with van der Waals surface area (Å²) in [5, 5.41) is 3.54. The molecule has 1 aromatic heterocycles. The van der Waals surface area contributed by atoms with Gasteiger partial charge in [-0.1, -0.05) is 36.4 Å². The molecule has 3 rings (SSSR count). The molecule has 1 aromatic carbocycles. The Hall–Kier alpha value is -2.40. The zero-order valence-corrected chi connectivity index (χ0v) is 15.7. The predicted octanol–water partition coefficient (Wildman–Crippen LogP) is 3.85. The third kappa shape index (κ3) is 4.82. The van der Waals surface area contributed by atoms with Crippen molar-refractivity contribution < 1.29 is 9.53 Å². The van der Waals surface area contributed by atoms with Crippen molar-refractivity contribution in [2.45, 2.75) is 45.4 Å². The Morgan fingerprint density at radius 3 is 2.73 bits per heavy atom. The first-order valence-electron chi connectivity index (χ1n) is 9.13. The van der Waals surface area contributed by atoms with Crippen LogP contribution in [0.15, 0.2) is 48.7 Å². The van der Waals surface area contributed by atoms with Gasteiger partial charge < -0.3 is 15.0 Å². The Morgan fingerprint density at radius 2 is 2.00 bits per heavy atom. The van der Waals surface area contributed by atoms with Gasteiger partial charge in [-0.3, -0.25) is 4.98 Å². The van der Waals surface area contributed by atoms with E-state index in [1.807, 2.05) is 51.2 Å². The number of hydrogen-bond acceptors (Lipinski definition) is 4. The molecule has 2 aromatic rings. The van der Waals surface area contributed by atoms with Gasteiger partial charge in [0.05, 0.1) is 5.69 Å². The highest BCUT2D eigenvalue weighted by Gasteiger charge is 2.29. The van der Waals surface area contributed by atoms with E-state index < -0.39 is 5.60 Å². The molecule has 1 atom stereocenters. The van der Waals surface area contributed by atoms with E-state index in [1.165, 1.54) is 5.56 Å². The summed E-state index contributed by atoms with van der Waals surface area (Å²) in [6, 6.07) is 14.6. The molecule has 0 saturated carbocycles. The number of carbonyl (C=O) groups excluding carboxylic acids is 1. The van der Waals surface area contributed by atoms with E-state index in [1.54, 1.807) is 4.90 Å². The SMILES string of the molecule is CC(C)(C)OC(=O)N1CC[C@H](NCc2ncccc2-c2ccccc2)C1. The quantitative estimate of drug-likeness (QED) is 0.907. The van der Waals surface area contributed by atoms with E-state index in [-0.39, 0.29) is 12.1 Å². The first kappa shape index (κ1) is 18.4. The van der Waals surface area contributed by atoms with Crippen molar-refractivity contribution in [1.82, 2.24) is 15.2 Å². The van der Waals surface area contributed by atoms with Crippen LogP contribution in [0.2, 0.25) is 0 Å². The Morgan fingerprint density at radius 1 is 1.23 bits per heavy atom. The number of ether oxygens (including phenoxy) is 1. The monoisotopic (exact) mass is 353 g/mol. The van der Waals surface area contributed by atoms with Crippen molar-refractivity contribution in [1.29, 1.82) is 0 Å². The van der Waals surface area contributed by atoms with Crippen LogP contribution in [0.1, 0.15) is 32.9 Å². The molecule has 0 bridgehead atoms. The summed E-state index contributed by atoms with van der Waals surface area (Å²) in [5.74, 6) is 0. The lowest BCUT2D eigenvalue weighted by molar-refractivity contribution is 0.0291. The van der Waals surface area contributed by atoms with E-state index in [0.29, 0.717) is 13.1 Å². The molecule has 0 radical (unpaired) electrons. The zero-order valence-electron chi connectivity index (χ0n) is 15.7. The molecule has 1 fully saturated rings. The number of aromatic nitrogens is 1. The number of nitrogens with one attached hydrogen (secondary N) is 1. The molecule has 0 spiro atoms. The van der Waals surface area contributed by atoms with E-state index >= 15 is 0 Å². The predicted molar refractivity (Wildman–Crippen MR) is 103 cm³/mol. The van der Waals surface area contributed by atoms with Gasteiger partial charge in [-0.2, -0.15) is 0 Å². The second kappa shape index (κ2) is 7.87. The molecule has 26 heavy (non-hydrogen) atoms. The van der Waals surface area contributed by atoms with Gasteiger partial charge in [0.25, 0.3) is 0 Å². The summed E-state index contributed by atoms with van der Waals surface area (Å²) in [6.07, 6.45) is 2.52. The topological polar surface area (TPSA) is 54.5 Å². The van der Waals surface area contributed by atoms with Gasteiger partial charge in [-0.25, -0.2) is 4.79 Å². The number of nitrogens with zero attached hydrogens (tertiary/aromatic N) is 2. The smallest absolute Gasteiger partial charge is 0.410 e. The van der Waals surface area contributed by atoms with Crippen LogP contribution in [-0.2, 0) is 11.3 Å². The average Bonchev–Trinajstić information content (AvgIpc) is 3.09. The molecule has 1 aliphatic heterocycles. The van der Waals surface area contributed by atoms with Crippen molar-refractivity contribution in [3.05, 3.63) is 54.4 Å². The number of amides is 1. The van der Waals surface area contributed by atoms with Crippen LogP contribution in [0.3, 0.4) is 0 Å². The Bertz CT molecular complexity index is 740. The van der Waals surface area contributed by atoms with E-state index in [4.69, 9.17) is 4.74 Å². The molecule has 0 unspecified atom stereocenters. The number of likely N-dealkylation sites (tertiary alicyclic amines) is 1. The highest BCUT2D eigenvalue weighted by Crippen LogP contribution is 2.22. The van der Waals surface area contributed by atoms with Crippen LogP contribution in [0, 0.1) is 0 Å². The van der Waals surface area contributed by atoms with Gasteiger partial charge in [-0.15, -0.1) is 0 Å². The van der Waals surface area contributed by atoms with Crippen molar-refractivity contribution in [2.75, 3.05) is 13.1 Å². The summed E-state index contributed by atoms with van der Waals surface area (Å²) in [7, 11) is 0. The molecule has 0 aliphatic carbocycles. The van der Waals surface area contributed by atoms with Gasteiger partial charge in [0, 0.05) is 37.4 Å². The van der Waals surface area contributed by atoms with Crippen LogP contribution in [0.25, 0.3) is 11.1 Å². The lowest BCUT2D eigenvalue weighted by Crippen LogP contribution is -2.38. The minimum Gasteiger partial charge on any atom is -0.444 e. The fourth-order valence-electron chi connectivity index (χ4n) is 3.12. The number of pyridine rings is 1. The summed E-state index contributed by atoms with van der Waals surface area (Å²) >= 11 is 0. The highest BCUT2D eigenvalue weighted by atomic mass is 16.6. The lowest BCUT2D eigenvalue weighted by atomic mass is 10.0. The van der Waals surface area contributed by atoms with Crippen molar-refractivity contribution in [3.63, 3.8) is 0 Å². The Kier molecular flexibility index (Phi) is 5.57. The minimum absolute atomic E-state index is 0.232. The van der Waals surface area contributed by atoms with Crippen LogP contribution in [-0.4, -0.2) is 40.7 Å². The molecule has 1 N–H and O–H groups in total. The standard InChI is InChI=1S/C21H27N3O2/c1-21(2,3)26-20(25)24-13-11-17(15-24)23-14-19-18(10-7-12-22-19)16-8-5-4-6-9-16/h4-10,12,17,23H,11,13-15H2,1-3H3/t17-/m0/s1. The summed E-state index contributed by atoms with van der Waals surface area (Å²) < 4.78 is 5.46. The maximum atomic E-state index is 12.2. The number of rotatable bonds is 4. The molecule has 138 valence electrons. The third-order valence-corrected chi connectivity index (χ3v) is 4.37. The first-order valence-corrected chi connectivity index (χ1v) is 9.13. The normalized spacial score (nSPS) is 17.3. The van der Waals surface area contributed by atoms with Crippen molar-refractivity contribution in [2.24, 2.45) is 0 Å². The molecule has 5 nitrogen and oxygen atoms in total. The maximum absolute atomic E-state index is 12.2. The van der Waals surface area contributed by atoms with Gasteiger partial charge in [0.2, 0.25) is 0 Å². The third-order valence-electron chi connectivity index (χ3n) is 4.37. The second-order valence-corrected chi connectivity index (χ2v) is 7.66. The highest BCUT2D eigenvalue weighted by molar-refractivity contribution is 5.68. The van der Waals surface area contributed by atoms with E-state index in [0.717, 1.165) is 24.2 Å². The lowest BCUT2D eigenvalue weighted by Gasteiger charge is -2.24.